The number of anilines is 3. The molecule has 0 aliphatic heterocycles. The Morgan fingerprint density at radius 3 is 2.40 bits per heavy atom. The van der Waals surface area contributed by atoms with E-state index >= 15 is 0 Å². The summed E-state index contributed by atoms with van der Waals surface area (Å²) >= 11 is 1.31. The van der Waals surface area contributed by atoms with Crippen molar-refractivity contribution in [2.75, 3.05) is 28.2 Å². The number of carbonyl (C=O) groups is 2. The molecule has 0 aliphatic carbocycles. The molecule has 1 heterocycles. The van der Waals surface area contributed by atoms with Gasteiger partial charge in [-0.15, -0.1) is 11.8 Å². The summed E-state index contributed by atoms with van der Waals surface area (Å²) in [5.74, 6) is -0.434. The van der Waals surface area contributed by atoms with Gasteiger partial charge in [0.05, 0.1) is 12.3 Å². The van der Waals surface area contributed by atoms with Gasteiger partial charge in [-0.05, 0) is 36.2 Å². The minimum Gasteiger partial charge on any atom is -0.383 e. The zero-order valence-electron chi connectivity index (χ0n) is 19.7. The van der Waals surface area contributed by atoms with Crippen LogP contribution in [0.25, 0.3) is 0 Å². The summed E-state index contributed by atoms with van der Waals surface area (Å²) in [5.41, 5.74) is 6.49. The van der Waals surface area contributed by atoms with Crippen LogP contribution in [0.2, 0.25) is 0 Å². The SMILES string of the molecule is CCCCN(C(=O)CSc1ccc(NC(C)=O)cc1)c1c(N)n(Cc2ccccc2)c(=O)[nH]c1=O. The van der Waals surface area contributed by atoms with E-state index in [4.69, 9.17) is 5.73 Å². The fourth-order valence-corrected chi connectivity index (χ4v) is 4.27. The molecule has 0 bridgehead atoms. The Morgan fingerprint density at radius 2 is 1.77 bits per heavy atom. The maximum atomic E-state index is 13.2. The van der Waals surface area contributed by atoms with Gasteiger partial charge in [0.2, 0.25) is 11.8 Å². The van der Waals surface area contributed by atoms with Crippen LogP contribution < -0.4 is 27.2 Å². The average molecular weight is 496 g/mol. The zero-order valence-corrected chi connectivity index (χ0v) is 20.6. The van der Waals surface area contributed by atoms with Crippen LogP contribution in [0.1, 0.15) is 32.3 Å². The molecule has 0 atom stereocenters. The predicted molar refractivity (Wildman–Crippen MR) is 140 cm³/mol. The van der Waals surface area contributed by atoms with Crippen molar-refractivity contribution in [2.24, 2.45) is 0 Å². The van der Waals surface area contributed by atoms with Crippen molar-refractivity contribution in [1.82, 2.24) is 9.55 Å². The maximum Gasteiger partial charge on any atom is 0.330 e. The Hall–Kier alpha value is -3.79. The van der Waals surface area contributed by atoms with Gasteiger partial charge >= 0.3 is 5.69 Å². The molecule has 0 saturated carbocycles. The lowest BCUT2D eigenvalue weighted by Crippen LogP contribution is -2.42. The molecule has 1 aromatic heterocycles. The summed E-state index contributed by atoms with van der Waals surface area (Å²) in [4.78, 5) is 54.3. The van der Waals surface area contributed by atoms with Gasteiger partial charge in [0.1, 0.15) is 5.82 Å². The number of H-pyrrole nitrogens is 1. The molecule has 35 heavy (non-hydrogen) atoms. The van der Waals surface area contributed by atoms with Crippen molar-refractivity contribution in [1.29, 1.82) is 0 Å². The lowest BCUT2D eigenvalue weighted by atomic mass is 10.2. The molecule has 9 nitrogen and oxygen atoms in total. The van der Waals surface area contributed by atoms with Crippen molar-refractivity contribution in [2.45, 2.75) is 38.1 Å². The summed E-state index contributed by atoms with van der Waals surface area (Å²) in [5, 5.41) is 2.70. The van der Waals surface area contributed by atoms with Crippen LogP contribution in [0.4, 0.5) is 17.2 Å². The Labute approximate surface area is 207 Å². The molecule has 10 heteroatoms. The van der Waals surface area contributed by atoms with Crippen LogP contribution in [-0.4, -0.2) is 33.7 Å². The molecule has 2 amide bonds. The number of amides is 2. The van der Waals surface area contributed by atoms with Gasteiger partial charge in [-0.2, -0.15) is 0 Å². The number of thioether (sulfide) groups is 1. The maximum absolute atomic E-state index is 13.2. The van der Waals surface area contributed by atoms with Crippen molar-refractivity contribution in [3.05, 3.63) is 81.0 Å². The van der Waals surface area contributed by atoms with Crippen molar-refractivity contribution in [3.63, 3.8) is 0 Å². The molecule has 184 valence electrons. The van der Waals surface area contributed by atoms with Crippen molar-refractivity contribution < 1.29 is 9.59 Å². The molecule has 3 rings (SSSR count). The zero-order chi connectivity index (χ0) is 25.4. The van der Waals surface area contributed by atoms with Crippen LogP contribution in [0.3, 0.4) is 0 Å². The number of nitrogens with one attached hydrogen (secondary N) is 2. The number of nitrogens with zero attached hydrogens (tertiary/aromatic N) is 2. The molecule has 0 unspecified atom stereocenters. The predicted octanol–water partition coefficient (Wildman–Crippen LogP) is 3.05. The summed E-state index contributed by atoms with van der Waals surface area (Å²) in [6.45, 7) is 3.88. The third-order valence-electron chi connectivity index (χ3n) is 5.24. The van der Waals surface area contributed by atoms with Crippen LogP contribution >= 0.6 is 11.8 Å². The smallest absolute Gasteiger partial charge is 0.330 e. The molecule has 2 aromatic carbocycles. The Morgan fingerprint density at radius 1 is 1.09 bits per heavy atom. The van der Waals surface area contributed by atoms with Crippen LogP contribution in [0.15, 0.2) is 69.1 Å². The number of aromatic nitrogens is 2. The monoisotopic (exact) mass is 495 g/mol. The van der Waals surface area contributed by atoms with Gasteiger partial charge < -0.3 is 16.0 Å². The number of carbonyl (C=O) groups excluding carboxylic acids is 2. The van der Waals surface area contributed by atoms with Crippen LogP contribution in [0.5, 0.6) is 0 Å². The molecule has 4 N–H and O–H groups in total. The van der Waals surface area contributed by atoms with Gasteiger partial charge in [-0.3, -0.25) is 23.9 Å². The fourth-order valence-electron chi connectivity index (χ4n) is 3.50. The van der Waals surface area contributed by atoms with Gasteiger partial charge in [0, 0.05) is 24.1 Å². The van der Waals surface area contributed by atoms with Crippen molar-refractivity contribution >= 4 is 40.8 Å². The Bertz CT molecular complexity index is 1290. The molecular weight excluding hydrogens is 466 g/mol. The fraction of sp³-hybridized carbons (Fsp3) is 0.280. The quantitative estimate of drug-likeness (QED) is 0.371. The van der Waals surface area contributed by atoms with E-state index in [1.54, 1.807) is 24.3 Å². The summed E-state index contributed by atoms with van der Waals surface area (Å²) in [6.07, 6.45) is 1.47. The highest BCUT2D eigenvalue weighted by atomic mass is 32.2. The minimum atomic E-state index is -0.689. The van der Waals surface area contributed by atoms with Crippen LogP contribution in [0, 0.1) is 0 Å². The van der Waals surface area contributed by atoms with E-state index in [-0.39, 0.29) is 35.6 Å². The van der Waals surface area contributed by atoms with Gasteiger partial charge in [-0.1, -0.05) is 43.7 Å². The lowest BCUT2D eigenvalue weighted by Gasteiger charge is -2.24. The Kier molecular flexibility index (Phi) is 8.91. The Balaban J connectivity index is 1.86. The van der Waals surface area contributed by atoms with Gasteiger partial charge in [0.25, 0.3) is 5.56 Å². The number of nitrogens with two attached hydrogens (primary N) is 1. The first-order valence-electron chi connectivity index (χ1n) is 11.3. The number of nitrogen functional groups attached to an aromatic ring is 1. The molecule has 0 fully saturated rings. The molecule has 3 aromatic rings. The third kappa shape index (κ3) is 6.86. The lowest BCUT2D eigenvalue weighted by molar-refractivity contribution is -0.116. The second-order valence-electron chi connectivity index (χ2n) is 7.96. The average Bonchev–Trinajstić information content (AvgIpc) is 2.83. The molecule has 0 aliphatic rings. The van der Waals surface area contributed by atoms with E-state index in [1.165, 1.54) is 28.2 Å². The van der Waals surface area contributed by atoms with E-state index in [9.17, 15) is 19.2 Å². The summed E-state index contributed by atoms with van der Waals surface area (Å²) in [7, 11) is 0. The number of benzene rings is 2. The number of aromatic amines is 1. The highest BCUT2D eigenvalue weighted by Crippen LogP contribution is 2.24. The highest BCUT2D eigenvalue weighted by Gasteiger charge is 2.24. The van der Waals surface area contributed by atoms with Crippen molar-refractivity contribution in [3.8, 4) is 0 Å². The summed E-state index contributed by atoms with van der Waals surface area (Å²) < 4.78 is 1.27. The van der Waals surface area contributed by atoms with E-state index in [0.29, 0.717) is 18.7 Å². The number of unbranched alkanes of at least 4 members (excludes halogenated alkanes) is 1. The number of rotatable bonds is 10. The van der Waals surface area contributed by atoms with E-state index < -0.39 is 11.2 Å². The van der Waals surface area contributed by atoms with E-state index in [1.807, 2.05) is 37.3 Å². The van der Waals surface area contributed by atoms with Crippen LogP contribution in [-0.2, 0) is 16.1 Å². The number of hydrogen-bond donors (Lipinski definition) is 3. The van der Waals surface area contributed by atoms with Gasteiger partial charge in [0.15, 0.2) is 5.69 Å². The van der Waals surface area contributed by atoms with E-state index in [2.05, 4.69) is 10.3 Å². The summed E-state index contributed by atoms with van der Waals surface area (Å²) in [6, 6.07) is 16.4. The molecule has 0 radical (unpaired) electrons. The first kappa shape index (κ1) is 25.8. The standard InChI is InChI=1S/C25H29N5O4S/c1-3-4-14-29(21(32)16-35-20-12-10-19(11-13-20)27-17(2)31)22-23(26)30(25(34)28-24(22)33)15-18-8-6-5-7-9-18/h5-13H,3-4,14-16,26H2,1-2H3,(H,27,31)(H,28,33,34). The minimum absolute atomic E-state index is 0.0133. The largest absolute Gasteiger partial charge is 0.383 e. The first-order valence-corrected chi connectivity index (χ1v) is 12.3. The molecule has 0 spiro atoms. The number of hydrogen-bond acceptors (Lipinski definition) is 6. The highest BCUT2D eigenvalue weighted by molar-refractivity contribution is 8.00. The normalized spacial score (nSPS) is 10.7. The topological polar surface area (TPSA) is 130 Å². The second-order valence-corrected chi connectivity index (χ2v) is 9.01. The van der Waals surface area contributed by atoms with E-state index in [0.717, 1.165) is 16.9 Å². The first-order chi connectivity index (χ1) is 16.8. The second kappa shape index (κ2) is 12.1. The molecular formula is C25H29N5O4S. The third-order valence-corrected chi connectivity index (χ3v) is 6.24. The molecule has 0 saturated heterocycles. The van der Waals surface area contributed by atoms with Gasteiger partial charge in [-0.25, -0.2) is 4.79 Å².